The standard InChI is InChI=1S/C29H46O3/c1-7-29(32-31,19(2)3)17-12-20(4)24-10-11-25-23-9-8-21-18-22(30)13-15-27(21,5)26(23)14-16-28(24,25)6/h7,18-20,23-26,31H,1,8-17H2,2-6H3/t20-,23?,24-,25?,26?,27+,28-,29?/m1/s1. The first-order valence-corrected chi connectivity index (χ1v) is 13.3. The van der Waals surface area contributed by atoms with Crippen LogP contribution in [0.3, 0.4) is 0 Å². The Hall–Kier alpha value is -0.930. The van der Waals surface area contributed by atoms with Gasteiger partial charge in [0.15, 0.2) is 5.78 Å². The van der Waals surface area contributed by atoms with Crippen LogP contribution in [0.4, 0.5) is 0 Å². The molecule has 4 unspecified atom stereocenters. The van der Waals surface area contributed by atoms with Gasteiger partial charge < -0.3 is 0 Å². The number of allylic oxidation sites excluding steroid dienone is 1. The average Bonchev–Trinajstić information content (AvgIpc) is 3.12. The molecule has 1 N–H and O–H groups in total. The zero-order chi connectivity index (χ0) is 23.3. The van der Waals surface area contributed by atoms with Crippen LogP contribution in [0.1, 0.15) is 98.8 Å². The van der Waals surface area contributed by atoms with Gasteiger partial charge in [-0.25, -0.2) is 4.89 Å². The molecule has 0 heterocycles. The lowest BCUT2D eigenvalue weighted by atomic mass is 9.46. The summed E-state index contributed by atoms with van der Waals surface area (Å²) in [6.07, 6.45) is 15.3. The number of rotatable bonds is 7. The predicted molar refractivity (Wildman–Crippen MR) is 130 cm³/mol. The Kier molecular flexibility index (Phi) is 6.57. The van der Waals surface area contributed by atoms with Crippen LogP contribution in [0.15, 0.2) is 24.3 Å². The van der Waals surface area contributed by atoms with Gasteiger partial charge in [0, 0.05) is 6.42 Å². The van der Waals surface area contributed by atoms with Crippen LogP contribution < -0.4 is 0 Å². The highest BCUT2D eigenvalue weighted by atomic mass is 17.1. The molecule has 0 spiro atoms. The largest absolute Gasteiger partial charge is 0.295 e. The molecule has 0 aliphatic heterocycles. The van der Waals surface area contributed by atoms with Gasteiger partial charge in [0.2, 0.25) is 0 Å². The van der Waals surface area contributed by atoms with Crippen molar-refractivity contribution in [3.8, 4) is 0 Å². The highest BCUT2D eigenvalue weighted by Crippen LogP contribution is 2.67. The Bertz CT molecular complexity index is 768. The van der Waals surface area contributed by atoms with Crippen molar-refractivity contribution in [2.75, 3.05) is 0 Å². The molecule has 32 heavy (non-hydrogen) atoms. The van der Waals surface area contributed by atoms with E-state index in [-0.39, 0.29) is 11.3 Å². The van der Waals surface area contributed by atoms with Crippen molar-refractivity contribution in [2.45, 2.75) is 104 Å². The van der Waals surface area contributed by atoms with Crippen molar-refractivity contribution in [3.05, 3.63) is 24.3 Å². The van der Waals surface area contributed by atoms with Crippen LogP contribution in [0, 0.1) is 46.3 Å². The Morgan fingerprint density at radius 1 is 1.16 bits per heavy atom. The minimum Gasteiger partial charge on any atom is -0.295 e. The first-order chi connectivity index (χ1) is 15.1. The van der Waals surface area contributed by atoms with Crippen LogP contribution in [-0.4, -0.2) is 16.6 Å². The van der Waals surface area contributed by atoms with Gasteiger partial charge in [-0.1, -0.05) is 46.3 Å². The smallest absolute Gasteiger partial charge is 0.155 e. The van der Waals surface area contributed by atoms with E-state index in [0.29, 0.717) is 17.1 Å². The number of carbonyl (C=O) groups excluding carboxylic acids is 1. The molecule has 0 aromatic rings. The molecular weight excluding hydrogens is 396 g/mol. The van der Waals surface area contributed by atoms with E-state index in [0.717, 1.165) is 55.8 Å². The molecule has 0 saturated heterocycles. The Morgan fingerprint density at radius 3 is 2.56 bits per heavy atom. The maximum atomic E-state index is 12.1. The van der Waals surface area contributed by atoms with Gasteiger partial charge in [-0.15, -0.1) is 6.58 Å². The maximum absolute atomic E-state index is 12.1. The SMILES string of the molecule is C=CC(CC[C@@H](C)[C@H]1CCC2C3CCC4=CC(=O)CC[C@]4(C)C3CC[C@@]21C)(OO)C(C)C. The number of fused-ring (bicyclic) bond motifs is 5. The molecule has 0 bridgehead atoms. The Morgan fingerprint density at radius 2 is 1.91 bits per heavy atom. The van der Waals surface area contributed by atoms with Crippen LogP contribution in [0.25, 0.3) is 0 Å². The highest BCUT2D eigenvalue weighted by molar-refractivity contribution is 5.91. The predicted octanol–water partition coefficient (Wildman–Crippen LogP) is 7.62. The lowest BCUT2D eigenvalue weighted by Crippen LogP contribution is -2.51. The molecule has 8 atom stereocenters. The van der Waals surface area contributed by atoms with E-state index in [1.807, 2.05) is 6.08 Å². The summed E-state index contributed by atoms with van der Waals surface area (Å²) in [5.74, 6) is 4.34. The van der Waals surface area contributed by atoms with Gasteiger partial charge in [-0.05, 0) is 110 Å². The lowest BCUT2D eigenvalue weighted by molar-refractivity contribution is -0.321. The molecular formula is C29H46O3. The van der Waals surface area contributed by atoms with Crippen molar-refractivity contribution in [1.82, 2.24) is 0 Å². The fourth-order valence-electron chi connectivity index (χ4n) is 9.00. The van der Waals surface area contributed by atoms with E-state index in [1.165, 1.54) is 37.7 Å². The van der Waals surface area contributed by atoms with E-state index in [4.69, 9.17) is 4.89 Å². The first-order valence-electron chi connectivity index (χ1n) is 13.3. The van der Waals surface area contributed by atoms with Crippen LogP contribution in [0.2, 0.25) is 0 Å². The first kappa shape index (κ1) is 24.2. The molecule has 3 saturated carbocycles. The van der Waals surface area contributed by atoms with Gasteiger partial charge in [0.25, 0.3) is 0 Å². The number of hydrogen-bond donors (Lipinski definition) is 1. The van der Waals surface area contributed by atoms with Gasteiger partial charge in [-0.2, -0.15) is 0 Å². The summed E-state index contributed by atoms with van der Waals surface area (Å²) in [6.45, 7) is 15.7. The summed E-state index contributed by atoms with van der Waals surface area (Å²) in [7, 11) is 0. The molecule has 180 valence electrons. The molecule has 3 fully saturated rings. The molecule has 0 amide bonds. The fraction of sp³-hybridized carbons (Fsp3) is 0.828. The van der Waals surface area contributed by atoms with E-state index in [1.54, 1.807) is 6.08 Å². The van der Waals surface area contributed by atoms with Crippen LogP contribution in [-0.2, 0) is 9.68 Å². The lowest BCUT2D eigenvalue weighted by Gasteiger charge is -2.58. The van der Waals surface area contributed by atoms with E-state index in [2.05, 4.69) is 41.2 Å². The van der Waals surface area contributed by atoms with E-state index >= 15 is 0 Å². The number of carbonyl (C=O) groups is 1. The van der Waals surface area contributed by atoms with E-state index < -0.39 is 5.60 Å². The average molecular weight is 443 g/mol. The second-order valence-corrected chi connectivity index (χ2v) is 12.6. The second-order valence-electron chi connectivity index (χ2n) is 12.6. The van der Waals surface area contributed by atoms with Gasteiger partial charge in [0.05, 0.1) is 0 Å². The third-order valence-electron chi connectivity index (χ3n) is 11.2. The molecule has 3 nitrogen and oxygen atoms in total. The van der Waals surface area contributed by atoms with Crippen molar-refractivity contribution < 1.29 is 14.9 Å². The van der Waals surface area contributed by atoms with Crippen molar-refractivity contribution in [2.24, 2.45) is 46.3 Å². The molecule has 3 heteroatoms. The molecule has 0 aromatic heterocycles. The van der Waals surface area contributed by atoms with Gasteiger partial charge in [-0.3, -0.25) is 10.1 Å². The third kappa shape index (κ3) is 3.66. The minimum absolute atomic E-state index is 0.201. The second kappa shape index (κ2) is 8.69. The van der Waals surface area contributed by atoms with Crippen LogP contribution in [0.5, 0.6) is 0 Å². The summed E-state index contributed by atoms with van der Waals surface area (Å²) >= 11 is 0. The summed E-state index contributed by atoms with van der Waals surface area (Å²) < 4.78 is 0. The summed E-state index contributed by atoms with van der Waals surface area (Å²) in [6, 6.07) is 0. The van der Waals surface area contributed by atoms with Gasteiger partial charge >= 0.3 is 0 Å². The molecule has 0 aromatic carbocycles. The number of hydrogen-bond acceptors (Lipinski definition) is 3. The normalized spacial score (nSPS) is 41.8. The summed E-state index contributed by atoms with van der Waals surface area (Å²) in [5, 5.41) is 9.63. The minimum atomic E-state index is -0.635. The molecule has 4 aliphatic carbocycles. The Labute approximate surface area is 196 Å². The van der Waals surface area contributed by atoms with Crippen LogP contribution >= 0.6 is 0 Å². The van der Waals surface area contributed by atoms with Crippen molar-refractivity contribution >= 4 is 5.78 Å². The number of ketones is 1. The molecule has 4 aliphatic rings. The summed E-state index contributed by atoms with van der Waals surface area (Å²) in [5.41, 5.74) is 1.53. The fourth-order valence-corrected chi connectivity index (χ4v) is 9.00. The van der Waals surface area contributed by atoms with Gasteiger partial charge in [0.1, 0.15) is 5.60 Å². The third-order valence-corrected chi connectivity index (χ3v) is 11.2. The maximum Gasteiger partial charge on any atom is 0.155 e. The van der Waals surface area contributed by atoms with Crippen molar-refractivity contribution in [1.29, 1.82) is 0 Å². The summed E-state index contributed by atoms with van der Waals surface area (Å²) in [4.78, 5) is 17.1. The molecule has 0 radical (unpaired) electrons. The zero-order valence-electron chi connectivity index (χ0n) is 21.2. The Balaban J connectivity index is 1.49. The van der Waals surface area contributed by atoms with Crippen molar-refractivity contribution in [3.63, 3.8) is 0 Å². The molecule has 4 rings (SSSR count). The zero-order valence-corrected chi connectivity index (χ0v) is 21.2. The van der Waals surface area contributed by atoms with E-state index in [9.17, 15) is 10.1 Å². The quantitative estimate of drug-likeness (QED) is 0.250. The monoisotopic (exact) mass is 442 g/mol. The topological polar surface area (TPSA) is 46.5 Å². The highest BCUT2D eigenvalue weighted by Gasteiger charge is 2.59.